The Hall–Kier alpha value is -1.71. The first-order chi connectivity index (χ1) is 8.91. The van der Waals surface area contributed by atoms with Crippen LogP contribution in [-0.4, -0.2) is 25.2 Å². The van der Waals surface area contributed by atoms with Crippen molar-refractivity contribution in [3.63, 3.8) is 0 Å². The topological polar surface area (TPSA) is 50.4 Å². The molecule has 0 saturated heterocycles. The van der Waals surface area contributed by atoms with E-state index in [0.717, 1.165) is 16.9 Å². The average Bonchev–Trinajstić information content (AvgIpc) is 2.32. The molecule has 0 aliphatic carbocycles. The molecule has 1 aromatic carbocycles. The zero-order valence-electron chi connectivity index (χ0n) is 12.5. The second kappa shape index (κ2) is 7.02. The Labute approximate surface area is 115 Å². The SMILES string of the molecule is Cc1ccc(C)c(OCCNC(=O)NC(C)C)c1C. The Bertz CT molecular complexity index is 442. The number of nitrogens with one attached hydrogen (secondary N) is 2. The monoisotopic (exact) mass is 264 g/mol. The summed E-state index contributed by atoms with van der Waals surface area (Å²) in [5, 5.41) is 5.53. The zero-order chi connectivity index (χ0) is 14.4. The van der Waals surface area contributed by atoms with Crippen LogP contribution in [0.2, 0.25) is 0 Å². The molecule has 4 nitrogen and oxygen atoms in total. The van der Waals surface area contributed by atoms with Crippen molar-refractivity contribution >= 4 is 6.03 Å². The molecule has 106 valence electrons. The van der Waals surface area contributed by atoms with Gasteiger partial charge in [-0.25, -0.2) is 4.79 Å². The van der Waals surface area contributed by atoms with Crippen LogP contribution in [0.5, 0.6) is 5.75 Å². The van der Waals surface area contributed by atoms with Gasteiger partial charge in [0.2, 0.25) is 0 Å². The molecule has 2 N–H and O–H groups in total. The number of urea groups is 1. The van der Waals surface area contributed by atoms with Crippen LogP contribution in [-0.2, 0) is 0 Å². The number of hydrogen-bond acceptors (Lipinski definition) is 2. The van der Waals surface area contributed by atoms with E-state index in [9.17, 15) is 4.79 Å². The summed E-state index contributed by atoms with van der Waals surface area (Å²) in [6.45, 7) is 11.0. The van der Waals surface area contributed by atoms with Gasteiger partial charge in [-0.1, -0.05) is 12.1 Å². The van der Waals surface area contributed by atoms with Gasteiger partial charge in [0, 0.05) is 6.04 Å². The molecular formula is C15H24N2O2. The highest BCUT2D eigenvalue weighted by Gasteiger charge is 2.06. The summed E-state index contributed by atoms with van der Waals surface area (Å²) in [5.74, 6) is 0.922. The number of carbonyl (C=O) groups is 1. The fourth-order valence-electron chi connectivity index (χ4n) is 1.78. The molecular weight excluding hydrogens is 240 g/mol. The maximum Gasteiger partial charge on any atom is 0.315 e. The van der Waals surface area contributed by atoms with Crippen LogP contribution < -0.4 is 15.4 Å². The van der Waals surface area contributed by atoms with Crippen molar-refractivity contribution in [2.24, 2.45) is 0 Å². The highest BCUT2D eigenvalue weighted by Crippen LogP contribution is 2.25. The second-order valence-electron chi connectivity index (χ2n) is 5.06. The molecule has 1 aromatic rings. The molecule has 0 fully saturated rings. The summed E-state index contributed by atoms with van der Waals surface area (Å²) >= 11 is 0. The van der Waals surface area contributed by atoms with E-state index in [2.05, 4.69) is 36.6 Å². The van der Waals surface area contributed by atoms with E-state index in [1.165, 1.54) is 5.56 Å². The van der Waals surface area contributed by atoms with Crippen molar-refractivity contribution in [2.45, 2.75) is 40.7 Å². The summed E-state index contributed by atoms with van der Waals surface area (Å²) in [6, 6.07) is 4.13. The van der Waals surface area contributed by atoms with Gasteiger partial charge in [0.25, 0.3) is 0 Å². The van der Waals surface area contributed by atoms with Crippen molar-refractivity contribution in [3.05, 3.63) is 28.8 Å². The lowest BCUT2D eigenvalue weighted by Gasteiger charge is -2.15. The molecule has 0 bridgehead atoms. The lowest BCUT2D eigenvalue weighted by Crippen LogP contribution is -2.41. The molecule has 0 radical (unpaired) electrons. The number of carbonyl (C=O) groups excluding carboxylic acids is 1. The lowest BCUT2D eigenvalue weighted by atomic mass is 10.1. The van der Waals surface area contributed by atoms with Crippen molar-refractivity contribution < 1.29 is 9.53 Å². The average molecular weight is 264 g/mol. The molecule has 0 unspecified atom stereocenters. The Morgan fingerprint density at radius 1 is 1.21 bits per heavy atom. The summed E-state index contributed by atoms with van der Waals surface area (Å²) < 4.78 is 5.76. The number of rotatable bonds is 5. The third-order valence-electron chi connectivity index (χ3n) is 2.93. The molecule has 19 heavy (non-hydrogen) atoms. The first kappa shape index (κ1) is 15.3. The molecule has 0 saturated carbocycles. The Morgan fingerprint density at radius 2 is 1.84 bits per heavy atom. The summed E-state index contributed by atoms with van der Waals surface area (Å²) in [4.78, 5) is 11.4. The molecule has 0 aromatic heterocycles. The zero-order valence-corrected chi connectivity index (χ0v) is 12.5. The minimum absolute atomic E-state index is 0.141. The number of aryl methyl sites for hydroxylation is 2. The van der Waals surface area contributed by atoms with E-state index in [1.54, 1.807) is 0 Å². The normalized spacial score (nSPS) is 10.4. The maximum absolute atomic E-state index is 11.4. The van der Waals surface area contributed by atoms with Gasteiger partial charge in [-0.15, -0.1) is 0 Å². The molecule has 1 rings (SSSR count). The van der Waals surface area contributed by atoms with E-state index < -0.39 is 0 Å². The first-order valence-electron chi connectivity index (χ1n) is 6.65. The number of ether oxygens (including phenoxy) is 1. The van der Waals surface area contributed by atoms with Crippen LogP contribution in [0, 0.1) is 20.8 Å². The summed E-state index contributed by atoms with van der Waals surface area (Å²) in [5.41, 5.74) is 3.49. The predicted molar refractivity (Wildman–Crippen MR) is 77.8 cm³/mol. The molecule has 2 amide bonds. The van der Waals surface area contributed by atoms with Crippen LogP contribution in [0.4, 0.5) is 4.79 Å². The van der Waals surface area contributed by atoms with E-state index in [1.807, 2.05) is 20.8 Å². The summed E-state index contributed by atoms with van der Waals surface area (Å²) in [7, 11) is 0. The van der Waals surface area contributed by atoms with Gasteiger partial charge in [0.1, 0.15) is 12.4 Å². The van der Waals surface area contributed by atoms with Crippen molar-refractivity contribution in [3.8, 4) is 5.75 Å². The van der Waals surface area contributed by atoms with Gasteiger partial charge in [0.15, 0.2) is 0 Å². The second-order valence-corrected chi connectivity index (χ2v) is 5.06. The Morgan fingerprint density at radius 3 is 2.47 bits per heavy atom. The van der Waals surface area contributed by atoms with Crippen LogP contribution in [0.25, 0.3) is 0 Å². The van der Waals surface area contributed by atoms with E-state index in [-0.39, 0.29) is 12.1 Å². The van der Waals surface area contributed by atoms with Gasteiger partial charge in [-0.05, 0) is 51.3 Å². The highest BCUT2D eigenvalue weighted by atomic mass is 16.5. The Balaban J connectivity index is 2.42. The van der Waals surface area contributed by atoms with E-state index in [4.69, 9.17) is 4.74 Å². The lowest BCUT2D eigenvalue weighted by molar-refractivity contribution is 0.234. The van der Waals surface area contributed by atoms with Crippen LogP contribution >= 0.6 is 0 Å². The fourth-order valence-corrected chi connectivity index (χ4v) is 1.78. The smallest absolute Gasteiger partial charge is 0.315 e. The van der Waals surface area contributed by atoms with Crippen LogP contribution in [0.1, 0.15) is 30.5 Å². The van der Waals surface area contributed by atoms with Gasteiger partial charge < -0.3 is 15.4 Å². The van der Waals surface area contributed by atoms with Gasteiger partial charge in [-0.2, -0.15) is 0 Å². The number of benzene rings is 1. The van der Waals surface area contributed by atoms with E-state index >= 15 is 0 Å². The van der Waals surface area contributed by atoms with Crippen molar-refractivity contribution in [2.75, 3.05) is 13.2 Å². The third-order valence-corrected chi connectivity index (χ3v) is 2.93. The number of hydrogen-bond donors (Lipinski definition) is 2. The predicted octanol–water partition coefficient (Wildman–Crippen LogP) is 2.70. The fraction of sp³-hybridized carbons (Fsp3) is 0.533. The molecule has 4 heteroatoms. The third kappa shape index (κ3) is 4.81. The Kier molecular flexibility index (Phi) is 5.67. The highest BCUT2D eigenvalue weighted by molar-refractivity contribution is 5.74. The molecule has 0 atom stereocenters. The molecule has 0 heterocycles. The van der Waals surface area contributed by atoms with Crippen LogP contribution in [0.3, 0.4) is 0 Å². The quantitative estimate of drug-likeness (QED) is 0.803. The minimum atomic E-state index is -0.156. The maximum atomic E-state index is 11.4. The van der Waals surface area contributed by atoms with Crippen molar-refractivity contribution in [1.29, 1.82) is 0 Å². The van der Waals surface area contributed by atoms with Crippen molar-refractivity contribution in [1.82, 2.24) is 10.6 Å². The minimum Gasteiger partial charge on any atom is -0.491 e. The molecule has 0 aliphatic heterocycles. The largest absolute Gasteiger partial charge is 0.491 e. The molecule has 0 spiro atoms. The standard InChI is InChI=1S/C15H24N2O2/c1-10(2)17-15(18)16-8-9-19-14-12(4)7-6-11(3)13(14)5/h6-7,10H,8-9H2,1-5H3,(H2,16,17,18). The van der Waals surface area contributed by atoms with Gasteiger partial charge >= 0.3 is 6.03 Å². The van der Waals surface area contributed by atoms with Crippen LogP contribution in [0.15, 0.2) is 12.1 Å². The van der Waals surface area contributed by atoms with Gasteiger partial charge in [0.05, 0.1) is 6.54 Å². The summed E-state index contributed by atoms with van der Waals surface area (Å²) in [6.07, 6.45) is 0. The first-order valence-corrected chi connectivity index (χ1v) is 6.65. The van der Waals surface area contributed by atoms with E-state index in [0.29, 0.717) is 13.2 Å². The van der Waals surface area contributed by atoms with Gasteiger partial charge in [-0.3, -0.25) is 0 Å². The number of amides is 2. The molecule has 0 aliphatic rings.